The second kappa shape index (κ2) is 4.65. The summed E-state index contributed by atoms with van der Waals surface area (Å²) in [5, 5.41) is 0. The Labute approximate surface area is 75.9 Å². The van der Waals surface area contributed by atoms with Gasteiger partial charge in [0.05, 0.1) is 0 Å². The minimum atomic E-state index is -4.62. The van der Waals surface area contributed by atoms with E-state index in [1.807, 2.05) is 0 Å². The molecule has 0 fully saturated rings. The van der Waals surface area contributed by atoms with Crippen molar-refractivity contribution < 1.29 is 23.7 Å². The van der Waals surface area contributed by atoms with Crippen LogP contribution in [0.4, 0.5) is 0 Å². The maximum atomic E-state index is 10.5. The van der Waals surface area contributed by atoms with Crippen molar-refractivity contribution in [3.63, 3.8) is 0 Å². The van der Waals surface area contributed by atoms with E-state index < -0.39 is 13.5 Å². The molecule has 0 radical (unpaired) electrons. The van der Waals surface area contributed by atoms with E-state index in [1.165, 1.54) is 6.08 Å². The van der Waals surface area contributed by atoms with E-state index in [9.17, 15) is 9.36 Å². The van der Waals surface area contributed by atoms with Crippen LogP contribution in [0.5, 0.6) is 0 Å². The lowest BCUT2D eigenvalue weighted by atomic mass is 10.1. The summed E-state index contributed by atoms with van der Waals surface area (Å²) in [7, 11) is -4.62. The van der Waals surface area contributed by atoms with Gasteiger partial charge in [-0.3, -0.25) is 4.52 Å². The highest BCUT2D eigenvalue weighted by Crippen LogP contribution is 2.44. The second-order valence-corrected chi connectivity index (χ2v) is 3.60. The number of aliphatic imine (C=N–C) groups is 1. The first kappa shape index (κ1) is 12.5. The maximum Gasteiger partial charge on any atom is 0.471 e. The zero-order chi connectivity index (χ0) is 10.5. The first-order valence-electron chi connectivity index (χ1n) is 3.74. The largest absolute Gasteiger partial charge is 0.471 e. The van der Waals surface area contributed by atoms with Gasteiger partial charge in [0.15, 0.2) is 5.72 Å². The van der Waals surface area contributed by atoms with Crippen LogP contribution in [0.3, 0.4) is 0 Å². The molecule has 6 nitrogen and oxygen atoms in total. The molecule has 0 saturated carbocycles. The first-order chi connectivity index (χ1) is 5.89. The summed E-state index contributed by atoms with van der Waals surface area (Å²) in [6.45, 7) is 3.22. The zero-order valence-electron chi connectivity index (χ0n) is 7.43. The van der Waals surface area contributed by atoms with Crippen LogP contribution in [-0.4, -0.2) is 21.6 Å². The zero-order valence-corrected chi connectivity index (χ0v) is 8.32. The van der Waals surface area contributed by atoms with Gasteiger partial charge in [-0.05, 0) is 12.8 Å². The highest BCUT2D eigenvalue weighted by atomic mass is 31.2. The highest BCUT2D eigenvalue weighted by molar-refractivity contribution is 7.46. The standard InChI is InChI=1S/C6H12NO5P/c1-3-6(4-2,7-5-8)12-13(9,10)11/h3-4H2,1-2H3,(H2,9,10,11). The molecule has 0 aromatic carbocycles. The van der Waals surface area contributed by atoms with Gasteiger partial charge in [0.2, 0.25) is 6.08 Å². The SMILES string of the molecule is CCC(CC)(N=C=O)OP(=O)(O)O. The third kappa shape index (κ3) is 4.31. The number of hydrogen-bond acceptors (Lipinski definition) is 4. The van der Waals surface area contributed by atoms with E-state index in [4.69, 9.17) is 9.79 Å². The van der Waals surface area contributed by atoms with E-state index in [1.54, 1.807) is 13.8 Å². The Bertz CT molecular complexity index is 250. The number of carbonyl (C=O) groups excluding carboxylic acids is 1. The summed E-state index contributed by atoms with van der Waals surface area (Å²) >= 11 is 0. The smallest absolute Gasteiger partial charge is 0.303 e. The molecule has 0 aromatic rings. The fraction of sp³-hybridized carbons (Fsp3) is 0.833. The van der Waals surface area contributed by atoms with Gasteiger partial charge in [-0.1, -0.05) is 13.8 Å². The fourth-order valence-corrected chi connectivity index (χ4v) is 1.60. The van der Waals surface area contributed by atoms with Crippen molar-refractivity contribution in [2.45, 2.75) is 32.4 Å². The fourth-order valence-electron chi connectivity index (χ4n) is 0.862. The molecule has 0 aliphatic heterocycles. The summed E-state index contributed by atoms with van der Waals surface area (Å²) in [5.41, 5.74) is -1.44. The van der Waals surface area contributed by atoms with E-state index in [0.29, 0.717) is 0 Å². The van der Waals surface area contributed by atoms with Gasteiger partial charge in [-0.15, -0.1) is 0 Å². The van der Waals surface area contributed by atoms with Crippen LogP contribution in [-0.2, 0) is 13.9 Å². The summed E-state index contributed by atoms with van der Waals surface area (Å²) in [5.74, 6) is 0. The minimum absolute atomic E-state index is 0.198. The molecule has 0 aliphatic carbocycles. The topological polar surface area (TPSA) is 96.2 Å². The van der Waals surface area contributed by atoms with Gasteiger partial charge in [0.25, 0.3) is 0 Å². The molecular formula is C6H12NO5P. The average Bonchev–Trinajstić information content (AvgIpc) is 2.01. The number of phosphoric acid groups is 1. The quantitative estimate of drug-likeness (QED) is 0.399. The summed E-state index contributed by atoms with van der Waals surface area (Å²) in [6, 6.07) is 0. The van der Waals surface area contributed by atoms with E-state index in [-0.39, 0.29) is 12.8 Å². The van der Waals surface area contributed by atoms with Crippen molar-refractivity contribution in [3.8, 4) is 0 Å². The van der Waals surface area contributed by atoms with Gasteiger partial charge in [0.1, 0.15) is 0 Å². The van der Waals surface area contributed by atoms with Crippen LogP contribution in [0.1, 0.15) is 26.7 Å². The first-order valence-corrected chi connectivity index (χ1v) is 5.27. The summed E-state index contributed by atoms with van der Waals surface area (Å²) in [4.78, 5) is 30.3. The van der Waals surface area contributed by atoms with Gasteiger partial charge < -0.3 is 9.79 Å². The van der Waals surface area contributed by atoms with Gasteiger partial charge >= 0.3 is 7.82 Å². The predicted molar refractivity (Wildman–Crippen MR) is 44.6 cm³/mol. The molecule has 0 spiro atoms. The molecular weight excluding hydrogens is 197 g/mol. The van der Waals surface area contributed by atoms with E-state index >= 15 is 0 Å². The number of phosphoric ester groups is 1. The number of hydrogen-bond donors (Lipinski definition) is 2. The third-order valence-electron chi connectivity index (χ3n) is 1.64. The Kier molecular flexibility index (Phi) is 4.47. The average molecular weight is 209 g/mol. The lowest BCUT2D eigenvalue weighted by molar-refractivity contribution is 0.0345. The van der Waals surface area contributed by atoms with Crippen LogP contribution in [0.2, 0.25) is 0 Å². The Balaban J connectivity index is 4.78. The molecule has 0 rings (SSSR count). The van der Waals surface area contributed by atoms with Crippen LogP contribution in [0, 0.1) is 0 Å². The molecule has 0 aliphatic rings. The maximum absolute atomic E-state index is 10.5. The van der Waals surface area contributed by atoms with Crippen LogP contribution < -0.4 is 0 Å². The van der Waals surface area contributed by atoms with Crippen molar-refractivity contribution in [1.82, 2.24) is 0 Å². The second-order valence-electron chi connectivity index (χ2n) is 2.44. The molecule has 0 atom stereocenters. The molecule has 76 valence electrons. The van der Waals surface area contributed by atoms with Crippen LogP contribution in [0.15, 0.2) is 4.99 Å². The molecule has 0 heterocycles. The van der Waals surface area contributed by atoms with E-state index in [2.05, 4.69) is 9.52 Å². The minimum Gasteiger partial charge on any atom is -0.303 e. The Morgan fingerprint density at radius 1 is 1.46 bits per heavy atom. The van der Waals surface area contributed by atoms with Crippen molar-refractivity contribution in [1.29, 1.82) is 0 Å². The lowest BCUT2D eigenvalue weighted by Gasteiger charge is -2.25. The highest BCUT2D eigenvalue weighted by Gasteiger charge is 2.34. The Morgan fingerprint density at radius 3 is 2.15 bits per heavy atom. The molecule has 0 unspecified atom stereocenters. The predicted octanol–water partition coefficient (Wildman–Crippen LogP) is 0.948. The molecule has 13 heavy (non-hydrogen) atoms. The summed E-state index contributed by atoms with van der Waals surface area (Å²) in [6.07, 6.45) is 1.64. The molecule has 7 heteroatoms. The lowest BCUT2D eigenvalue weighted by Crippen LogP contribution is -2.27. The van der Waals surface area contributed by atoms with Crippen molar-refractivity contribution >= 4 is 13.9 Å². The van der Waals surface area contributed by atoms with Crippen molar-refractivity contribution in [2.24, 2.45) is 4.99 Å². The Hall–Kier alpha value is -0.510. The molecule has 0 amide bonds. The third-order valence-corrected chi connectivity index (χ3v) is 2.22. The normalized spacial score (nSPS) is 12.3. The molecule has 0 bridgehead atoms. The molecule has 0 saturated heterocycles. The molecule has 0 aromatic heterocycles. The van der Waals surface area contributed by atoms with Gasteiger partial charge in [-0.25, -0.2) is 9.36 Å². The monoisotopic (exact) mass is 209 g/mol. The number of rotatable bonds is 5. The summed E-state index contributed by atoms with van der Waals surface area (Å²) < 4.78 is 14.9. The van der Waals surface area contributed by atoms with Gasteiger partial charge in [-0.2, -0.15) is 4.99 Å². The van der Waals surface area contributed by atoms with Gasteiger partial charge in [0, 0.05) is 0 Å². The Morgan fingerprint density at radius 2 is 1.92 bits per heavy atom. The van der Waals surface area contributed by atoms with Crippen LogP contribution >= 0.6 is 7.82 Å². The number of isocyanates is 1. The van der Waals surface area contributed by atoms with Crippen molar-refractivity contribution in [3.05, 3.63) is 0 Å². The van der Waals surface area contributed by atoms with Crippen LogP contribution in [0.25, 0.3) is 0 Å². The molecule has 2 N–H and O–H groups in total. The van der Waals surface area contributed by atoms with Crippen molar-refractivity contribution in [2.75, 3.05) is 0 Å². The van der Waals surface area contributed by atoms with E-state index in [0.717, 1.165) is 0 Å². The number of nitrogens with zero attached hydrogens (tertiary/aromatic N) is 1.